The molecule has 6 rings (SSSR count). The van der Waals surface area contributed by atoms with Gasteiger partial charge in [-0.1, -0.05) is 61.7 Å². The van der Waals surface area contributed by atoms with E-state index in [1.54, 1.807) is 0 Å². The fourth-order valence-corrected chi connectivity index (χ4v) is 4.06. The minimum Gasteiger partial charge on any atom is -0.328 e. The second kappa shape index (κ2) is 10.2. The Kier molecular flexibility index (Phi) is 7.33. The summed E-state index contributed by atoms with van der Waals surface area (Å²) in [5, 5.41) is 5.20. The quantitative estimate of drug-likeness (QED) is 0.163. The average Bonchev–Trinajstić information content (AvgIpc) is 3.49. The van der Waals surface area contributed by atoms with Crippen LogP contribution in [0.1, 0.15) is 13.8 Å². The van der Waals surface area contributed by atoms with E-state index in [1.807, 2.05) is 12.2 Å². The van der Waals surface area contributed by atoms with Crippen LogP contribution in [0.3, 0.4) is 0 Å². The molecular formula is C28H23Cl2NTi-2. The second-order valence-electron chi connectivity index (χ2n) is 8.18. The molecule has 1 aromatic heterocycles. The summed E-state index contributed by atoms with van der Waals surface area (Å²) in [6.45, 7) is 4.26. The Morgan fingerprint density at radius 1 is 0.844 bits per heavy atom. The summed E-state index contributed by atoms with van der Waals surface area (Å²) in [4.78, 5) is 0. The van der Waals surface area contributed by atoms with Crippen LogP contribution in [0.25, 0.3) is 38.3 Å². The first-order valence-electron chi connectivity index (χ1n) is 10.4. The smallest absolute Gasteiger partial charge is 0.0523 e. The first-order chi connectivity index (χ1) is 15.5. The van der Waals surface area contributed by atoms with Crippen molar-refractivity contribution in [3.8, 4) is 5.69 Å². The van der Waals surface area contributed by atoms with E-state index >= 15 is 0 Å². The van der Waals surface area contributed by atoms with Gasteiger partial charge in [-0.2, -0.15) is 6.08 Å². The summed E-state index contributed by atoms with van der Waals surface area (Å²) in [5.74, 6) is 0. The van der Waals surface area contributed by atoms with Gasteiger partial charge in [0, 0.05) is 10.8 Å². The molecule has 0 amide bonds. The Hall–Kier alpha value is -2.16. The zero-order valence-electron chi connectivity index (χ0n) is 18.0. The van der Waals surface area contributed by atoms with Gasteiger partial charge in [-0.15, -0.1) is 41.1 Å². The summed E-state index contributed by atoms with van der Waals surface area (Å²) in [7, 11) is 9.78. The molecule has 1 nitrogen and oxygen atoms in total. The van der Waals surface area contributed by atoms with E-state index in [-0.39, 0.29) is 5.41 Å². The Morgan fingerprint density at radius 2 is 1.41 bits per heavy atom. The van der Waals surface area contributed by atoms with E-state index in [1.165, 1.54) is 38.3 Å². The van der Waals surface area contributed by atoms with Crippen LogP contribution in [0.15, 0.2) is 103 Å². The molecule has 5 aromatic rings. The van der Waals surface area contributed by atoms with Crippen LogP contribution in [0.5, 0.6) is 0 Å². The number of hydrogen-bond donors (Lipinski definition) is 0. The Labute approximate surface area is 206 Å². The first kappa shape index (κ1) is 23.0. The maximum absolute atomic E-state index is 4.89. The molecule has 0 saturated heterocycles. The van der Waals surface area contributed by atoms with Crippen LogP contribution in [-0.4, -0.2) is 4.57 Å². The molecule has 0 spiro atoms. The van der Waals surface area contributed by atoms with Gasteiger partial charge in [0.15, 0.2) is 0 Å². The molecule has 1 aliphatic rings. The van der Waals surface area contributed by atoms with Crippen LogP contribution >= 0.6 is 18.6 Å². The van der Waals surface area contributed by atoms with Crippen molar-refractivity contribution < 1.29 is 17.0 Å². The van der Waals surface area contributed by atoms with Gasteiger partial charge in [-0.3, -0.25) is 6.08 Å². The minimum atomic E-state index is -0.556. The second-order valence-corrected chi connectivity index (χ2v) is 10.8. The molecule has 0 fully saturated rings. The van der Waals surface area contributed by atoms with Gasteiger partial charge in [-0.05, 0) is 17.8 Å². The third-order valence-corrected chi connectivity index (χ3v) is 5.51. The molecule has 4 heteroatoms. The number of benzene rings is 3. The third-order valence-electron chi connectivity index (χ3n) is 5.51. The van der Waals surface area contributed by atoms with Gasteiger partial charge in [0.05, 0.1) is 11.0 Å². The Bertz CT molecular complexity index is 1300. The number of nitrogens with zero attached hydrogens (tertiary/aromatic N) is 1. The van der Waals surface area contributed by atoms with Crippen LogP contribution in [-0.2, 0) is 17.0 Å². The van der Waals surface area contributed by atoms with Crippen molar-refractivity contribution in [2.75, 3.05) is 0 Å². The molecule has 32 heavy (non-hydrogen) atoms. The van der Waals surface area contributed by atoms with Crippen LogP contribution in [0.2, 0.25) is 0 Å². The number of aromatic nitrogens is 1. The number of hydrogen-bond acceptors (Lipinski definition) is 0. The molecule has 0 unspecified atom stereocenters. The third kappa shape index (κ3) is 4.92. The molecule has 160 valence electrons. The van der Waals surface area contributed by atoms with E-state index < -0.39 is 17.0 Å². The van der Waals surface area contributed by atoms with Crippen molar-refractivity contribution in [1.29, 1.82) is 0 Å². The summed E-state index contributed by atoms with van der Waals surface area (Å²) >= 11 is -0.556. The standard InChI is InChI=1S/C21H14N.C7H9.2ClH.Ti/c1-2-8-16-14-17(13-15(16)7-1)22-20-11-5-3-9-18(20)19-10-4-6-12-21(19)22;1-7(2)5-3-4-6-7;;;/h1-14H;3-5H,1-2H3;2*1H;/q2*-1;;;+2/p-2. The topological polar surface area (TPSA) is 4.93 Å². The average molecular weight is 492 g/mol. The molecule has 0 atom stereocenters. The maximum atomic E-state index is 4.89. The molecule has 0 radical (unpaired) electrons. The summed E-state index contributed by atoms with van der Waals surface area (Å²) in [6, 6.07) is 30.3. The summed E-state index contributed by atoms with van der Waals surface area (Å²) in [6.07, 6.45) is 9.28. The largest absolute Gasteiger partial charge is 0.328 e. The van der Waals surface area contributed by atoms with Gasteiger partial charge >= 0.3 is 35.6 Å². The monoisotopic (exact) mass is 491 g/mol. The van der Waals surface area contributed by atoms with Crippen LogP contribution in [0, 0.1) is 11.5 Å². The van der Waals surface area contributed by atoms with Crippen LogP contribution in [0.4, 0.5) is 0 Å². The van der Waals surface area contributed by atoms with Crippen molar-refractivity contribution in [1.82, 2.24) is 4.57 Å². The van der Waals surface area contributed by atoms with Crippen molar-refractivity contribution >= 4 is 51.2 Å². The summed E-state index contributed by atoms with van der Waals surface area (Å²) < 4.78 is 2.37. The van der Waals surface area contributed by atoms with E-state index in [0.717, 1.165) is 0 Å². The molecule has 0 bridgehead atoms. The number of rotatable bonds is 1. The van der Waals surface area contributed by atoms with Gasteiger partial charge in [0.1, 0.15) is 0 Å². The minimum absolute atomic E-state index is 0.208. The normalized spacial score (nSPS) is 13.6. The fraction of sp³-hybridized carbons (Fsp3) is 0.107. The fourth-order valence-electron chi connectivity index (χ4n) is 4.06. The molecule has 0 N–H and O–H groups in total. The van der Waals surface area contributed by atoms with E-state index in [2.05, 4.69) is 115 Å². The van der Waals surface area contributed by atoms with Gasteiger partial charge in [-0.25, -0.2) is 12.2 Å². The molecule has 0 saturated carbocycles. The van der Waals surface area contributed by atoms with Gasteiger partial charge in [0.2, 0.25) is 0 Å². The zero-order valence-corrected chi connectivity index (χ0v) is 21.1. The number of para-hydroxylation sites is 2. The number of fused-ring (bicyclic) bond motifs is 4. The predicted octanol–water partition coefficient (Wildman–Crippen LogP) is 8.97. The Morgan fingerprint density at radius 3 is 1.91 bits per heavy atom. The van der Waals surface area contributed by atoms with E-state index in [0.29, 0.717) is 0 Å². The van der Waals surface area contributed by atoms with Gasteiger partial charge < -0.3 is 4.57 Å². The molecule has 0 aliphatic heterocycles. The molecule has 4 aromatic carbocycles. The van der Waals surface area contributed by atoms with Crippen molar-refractivity contribution in [3.05, 3.63) is 109 Å². The van der Waals surface area contributed by atoms with E-state index in [4.69, 9.17) is 18.6 Å². The predicted molar refractivity (Wildman–Crippen MR) is 136 cm³/mol. The maximum Gasteiger partial charge on any atom is 0.0523 e. The zero-order chi connectivity index (χ0) is 22.6. The molecular weight excluding hydrogens is 469 g/mol. The Balaban J connectivity index is 0.000000206. The SMILES string of the molecule is CC1(C)[C-]=CC=C1.[Cl][Ti][Cl].c1ccc2[cH-]c(-n3c4ccccc4c4ccccc43)cc2c1. The van der Waals surface area contributed by atoms with Crippen molar-refractivity contribution in [3.63, 3.8) is 0 Å². The molecule has 1 aliphatic carbocycles. The first-order valence-corrected chi connectivity index (χ1v) is 14.7. The molecule has 1 heterocycles. The van der Waals surface area contributed by atoms with Crippen molar-refractivity contribution in [2.45, 2.75) is 13.8 Å². The summed E-state index contributed by atoms with van der Waals surface area (Å²) in [5.41, 5.74) is 3.97. The number of allylic oxidation sites excluding steroid dienone is 4. The number of halogens is 2. The van der Waals surface area contributed by atoms with Crippen LogP contribution < -0.4 is 0 Å². The van der Waals surface area contributed by atoms with Crippen molar-refractivity contribution in [2.24, 2.45) is 5.41 Å². The van der Waals surface area contributed by atoms with E-state index in [9.17, 15) is 0 Å². The van der Waals surface area contributed by atoms with Gasteiger partial charge in [0.25, 0.3) is 0 Å².